The molecule has 0 spiro atoms. The Hall–Kier alpha value is -2.86. The predicted octanol–water partition coefficient (Wildman–Crippen LogP) is 2.02. The van der Waals surface area contributed by atoms with E-state index in [2.05, 4.69) is 10.5 Å². The summed E-state index contributed by atoms with van der Waals surface area (Å²) in [6.45, 7) is 0.226. The number of carbonyl (C=O) groups is 1. The smallest absolute Gasteiger partial charge is 0.305 e. The van der Waals surface area contributed by atoms with Crippen LogP contribution in [-0.4, -0.2) is 15.6 Å². The van der Waals surface area contributed by atoms with Crippen LogP contribution in [0.25, 0.3) is 11.0 Å². The number of hydrogen-bond donors (Lipinski definition) is 2. The fourth-order valence-electron chi connectivity index (χ4n) is 2.06. The van der Waals surface area contributed by atoms with Gasteiger partial charge in [0, 0.05) is 0 Å². The standard InChI is InChI=1S/C15H13N3O3/c19-14-16-12-8-4-5-9-13(12)18(14)15(20)17-21-10-11-6-2-1-3-7-11/h1-9H,10H2,(H,16,19)(H,17,20). The number of para-hydroxylation sites is 2. The molecule has 0 aliphatic carbocycles. The van der Waals surface area contributed by atoms with Gasteiger partial charge in [-0.3, -0.25) is 4.84 Å². The van der Waals surface area contributed by atoms with Gasteiger partial charge in [0.05, 0.1) is 17.6 Å². The van der Waals surface area contributed by atoms with E-state index in [9.17, 15) is 9.59 Å². The Kier molecular flexibility index (Phi) is 3.53. The average Bonchev–Trinajstić information content (AvgIpc) is 2.84. The van der Waals surface area contributed by atoms with Gasteiger partial charge in [0.1, 0.15) is 0 Å². The Morgan fingerprint density at radius 3 is 2.62 bits per heavy atom. The molecule has 0 saturated carbocycles. The second kappa shape index (κ2) is 5.64. The largest absolute Gasteiger partial charge is 0.354 e. The van der Waals surface area contributed by atoms with Crippen molar-refractivity contribution in [2.24, 2.45) is 0 Å². The summed E-state index contributed by atoms with van der Waals surface area (Å²) in [5.74, 6) is 0. The van der Waals surface area contributed by atoms with E-state index in [1.807, 2.05) is 30.3 Å². The minimum absolute atomic E-state index is 0.226. The molecule has 0 aliphatic heterocycles. The van der Waals surface area contributed by atoms with E-state index < -0.39 is 11.7 Å². The number of fused-ring (bicyclic) bond motifs is 1. The molecule has 0 fully saturated rings. The summed E-state index contributed by atoms with van der Waals surface area (Å²) >= 11 is 0. The van der Waals surface area contributed by atoms with Crippen LogP contribution in [-0.2, 0) is 11.4 Å². The number of hydrogen-bond acceptors (Lipinski definition) is 3. The van der Waals surface area contributed by atoms with Gasteiger partial charge in [0.25, 0.3) is 0 Å². The van der Waals surface area contributed by atoms with Gasteiger partial charge in [-0.05, 0) is 17.7 Å². The maximum absolute atomic E-state index is 12.0. The van der Waals surface area contributed by atoms with Gasteiger partial charge in [-0.15, -0.1) is 0 Å². The summed E-state index contributed by atoms with van der Waals surface area (Å²) in [7, 11) is 0. The highest BCUT2D eigenvalue weighted by Crippen LogP contribution is 2.08. The third-order valence-corrected chi connectivity index (χ3v) is 3.03. The summed E-state index contributed by atoms with van der Waals surface area (Å²) in [4.78, 5) is 31.6. The van der Waals surface area contributed by atoms with E-state index in [-0.39, 0.29) is 6.61 Å². The quantitative estimate of drug-likeness (QED) is 0.722. The molecule has 0 atom stereocenters. The maximum Gasteiger partial charge on any atom is 0.354 e. The van der Waals surface area contributed by atoms with Gasteiger partial charge in [0.15, 0.2) is 0 Å². The highest BCUT2D eigenvalue weighted by Gasteiger charge is 2.13. The first kappa shape index (κ1) is 13.1. The van der Waals surface area contributed by atoms with E-state index in [1.54, 1.807) is 24.3 Å². The Morgan fingerprint density at radius 2 is 1.81 bits per heavy atom. The van der Waals surface area contributed by atoms with Crippen molar-refractivity contribution in [1.82, 2.24) is 15.0 Å². The number of nitrogens with zero attached hydrogens (tertiary/aromatic N) is 1. The monoisotopic (exact) mass is 283 g/mol. The highest BCUT2D eigenvalue weighted by atomic mass is 16.7. The number of aromatic nitrogens is 2. The summed E-state index contributed by atoms with van der Waals surface area (Å²) in [6, 6.07) is 15.7. The van der Waals surface area contributed by atoms with Gasteiger partial charge in [-0.1, -0.05) is 42.5 Å². The lowest BCUT2D eigenvalue weighted by Crippen LogP contribution is -2.34. The minimum atomic E-state index is -0.631. The van der Waals surface area contributed by atoms with Gasteiger partial charge in [-0.2, -0.15) is 0 Å². The molecular formula is C15H13N3O3. The van der Waals surface area contributed by atoms with Gasteiger partial charge in [0.2, 0.25) is 0 Å². The van der Waals surface area contributed by atoms with Crippen LogP contribution in [0.3, 0.4) is 0 Å². The third kappa shape index (κ3) is 2.70. The molecule has 0 radical (unpaired) electrons. The van der Waals surface area contributed by atoms with Crippen molar-refractivity contribution in [1.29, 1.82) is 0 Å². The number of hydroxylamine groups is 1. The molecule has 3 aromatic rings. The molecule has 0 saturated heterocycles. The number of aromatic amines is 1. The molecular weight excluding hydrogens is 270 g/mol. The number of imidazole rings is 1. The van der Waals surface area contributed by atoms with E-state index >= 15 is 0 Å². The van der Waals surface area contributed by atoms with E-state index in [1.165, 1.54) is 0 Å². The van der Waals surface area contributed by atoms with Crippen LogP contribution in [0, 0.1) is 0 Å². The summed E-state index contributed by atoms with van der Waals surface area (Å²) in [5, 5.41) is 0. The highest BCUT2D eigenvalue weighted by molar-refractivity contribution is 5.88. The molecule has 6 nitrogen and oxygen atoms in total. The van der Waals surface area contributed by atoms with Gasteiger partial charge >= 0.3 is 11.7 Å². The van der Waals surface area contributed by atoms with Crippen molar-refractivity contribution >= 4 is 17.1 Å². The first-order valence-corrected chi connectivity index (χ1v) is 6.41. The molecule has 2 aromatic carbocycles. The first-order valence-electron chi connectivity index (χ1n) is 6.41. The van der Waals surface area contributed by atoms with Crippen LogP contribution in [0.2, 0.25) is 0 Å². The number of carbonyl (C=O) groups excluding carboxylic acids is 1. The predicted molar refractivity (Wildman–Crippen MR) is 77.7 cm³/mol. The Balaban J connectivity index is 1.73. The molecule has 21 heavy (non-hydrogen) atoms. The summed E-state index contributed by atoms with van der Waals surface area (Å²) in [5.41, 5.74) is 3.79. The fraction of sp³-hybridized carbons (Fsp3) is 0.0667. The van der Waals surface area contributed by atoms with Crippen molar-refractivity contribution in [2.75, 3.05) is 0 Å². The second-order valence-electron chi connectivity index (χ2n) is 4.46. The van der Waals surface area contributed by atoms with Crippen LogP contribution in [0.5, 0.6) is 0 Å². The molecule has 1 heterocycles. The van der Waals surface area contributed by atoms with E-state index in [4.69, 9.17) is 4.84 Å². The molecule has 0 aliphatic rings. The normalized spacial score (nSPS) is 10.7. The second-order valence-corrected chi connectivity index (χ2v) is 4.46. The average molecular weight is 283 g/mol. The summed E-state index contributed by atoms with van der Waals surface area (Å²) < 4.78 is 1.00. The number of nitrogens with one attached hydrogen (secondary N) is 2. The van der Waals surface area contributed by atoms with E-state index in [0.717, 1.165) is 10.1 Å². The topological polar surface area (TPSA) is 76.1 Å². The van der Waals surface area contributed by atoms with Crippen molar-refractivity contribution in [3.05, 3.63) is 70.6 Å². The van der Waals surface area contributed by atoms with Gasteiger partial charge < -0.3 is 4.98 Å². The zero-order valence-electron chi connectivity index (χ0n) is 11.1. The van der Waals surface area contributed by atoms with Crippen molar-refractivity contribution in [2.45, 2.75) is 6.61 Å². The fourth-order valence-corrected chi connectivity index (χ4v) is 2.06. The molecule has 1 aromatic heterocycles. The SMILES string of the molecule is O=C(NOCc1ccccc1)n1c(=O)[nH]c2ccccc21. The number of benzene rings is 2. The number of rotatable bonds is 3. The number of H-pyrrole nitrogens is 1. The zero-order valence-corrected chi connectivity index (χ0v) is 11.1. The van der Waals surface area contributed by atoms with Crippen molar-refractivity contribution < 1.29 is 9.63 Å². The molecule has 3 rings (SSSR count). The van der Waals surface area contributed by atoms with Crippen LogP contribution >= 0.6 is 0 Å². The van der Waals surface area contributed by atoms with Crippen molar-refractivity contribution in [3.8, 4) is 0 Å². The van der Waals surface area contributed by atoms with Gasteiger partial charge in [-0.25, -0.2) is 19.6 Å². The molecule has 106 valence electrons. The van der Waals surface area contributed by atoms with Crippen LogP contribution in [0.4, 0.5) is 4.79 Å². The Labute approximate surface area is 119 Å². The first-order chi connectivity index (χ1) is 10.3. The van der Waals surface area contributed by atoms with Crippen LogP contribution < -0.4 is 11.2 Å². The number of amides is 1. The van der Waals surface area contributed by atoms with E-state index in [0.29, 0.717) is 11.0 Å². The Morgan fingerprint density at radius 1 is 1.10 bits per heavy atom. The lowest BCUT2D eigenvalue weighted by atomic mass is 10.2. The molecule has 0 unspecified atom stereocenters. The molecule has 6 heteroatoms. The molecule has 1 amide bonds. The molecule has 2 N–H and O–H groups in total. The Bertz CT molecular complexity index is 821. The van der Waals surface area contributed by atoms with Crippen molar-refractivity contribution in [3.63, 3.8) is 0 Å². The summed E-state index contributed by atoms with van der Waals surface area (Å²) in [6.07, 6.45) is 0. The molecule has 0 bridgehead atoms. The third-order valence-electron chi connectivity index (χ3n) is 3.03. The lowest BCUT2D eigenvalue weighted by Gasteiger charge is -2.06. The van der Waals surface area contributed by atoms with Crippen LogP contribution in [0.1, 0.15) is 5.56 Å². The van der Waals surface area contributed by atoms with Crippen LogP contribution in [0.15, 0.2) is 59.4 Å². The maximum atomic E-state index is 12.0. The zero-order chi connectivity index (χ0) is 14.7. The minimum Gasteiger partial charge on any atom is -0.305 e. The lowest BCUT2D eigenvalue weighted by molar-refractivity contribution is 0.0496.